The topological polar surface area (TPSA) is 83.6 Å². The van der Waals surface area contributed by atoms with Crippen LogP contribution in [0.2, 0.25) is 0 Å². The molecule has 108 valence electrons. The molecule has 0 aliphatic carbocycles. The van der Waals surface area contributed by atoms with Crippen molar-refractivity contribution in [1.82, 2.24) is 10.2 Å². The van der Waals surface area contributed by atoms with Crippen LogP contribution in [0.15, 0.2) is 30.3 Å². The van der Waals surface area contributed by atoms with Gasteiger partial charge in [0.25, 0.3) is 0 Å². The number of nitrogens with zero attached hydrogens (tertiary/aromatic N) is 1. The quantitative estimate of drug-likeness (QED) is 0.829. The van der Waals surface area contributed by atoms with Crippen molar-refractivity contribution in [2.45, 2.75) is 6.04 Å². The Morgan fingerprint density at radius 2 is 1.90 bits per heavy atom. The molecule has 7 heteroatoms. The van der Waals surface area contributed by atoms with Crippen LogP contribution in [0, 0.1) is 0 Å². The van der Waals surface area contributed by atoms with Crippen LogP contribution >= 0.6 is 0 Å². The molecule has 1 N–H and O–H groups in total. The van der Waals surface area contributed by atoms with Crippen LogP contribution in [-0.4, -0.2) is 50.2 Å². The second-order valence-electron chi connectivity index (χ2n) is 4.75. The molecule has 0 spiro atoms. The van der Waals surface area contributed by atoms with E-state index in [0.717, 1.165) is 6.26 Å². The van der Waals surface area contributed by atoms with Crippen molar-refractivity contribution in [3.63, 3.8) is 0 Å². The molecule has 0 aromatic heterocycles. The molecule has 0 saturated carbocycles. The molecular formula is C13H16N2O4S. The fourth-order valence-electron chi connectivity index (χ4n) is 2.13. The molecule has 0 bridgehead atoms. The van der Waals surface area contributed by atoms with Gasteiger partial charge in [0.1, 0.15) is 15.9 Å². The number of sulfone groups is 1. The molecule has 1 unspecified atom stereocenters. The first-order valence-electron chi connectivity index (χ1n) is 6.18. The Labute approximate surface area is 117 Å². The maximum atomic E-state index is 12.0. The van der Waals surface area contributed by atoms with E-state index in [2.05, 4.69) is 5.32 Å². The Hall–Kier alpha value is -1.89. The van der Waals surface area contributed by atoms with Crippen LogP contribution in [0.5, 0.6) is 0 Å². The average Bonchev–Trinajstić information content (AvgIpc) is 2.39. The summed E-state index contributed by atoms with van der Waals surface area (Å²) in [5.41, 5.74) is 0.673. The van der Waals surface area contributed by atoms with E-state index in [1.807, 2.05) is 6.07 Å². The summed E-state index contributed by atoms with van der Waals surface area (Å²) in [6.07, 6.45) is 1.11. The van der Waals surface area contributed by atoms with Gasteiger partial charge in [0.2, 0.25) is 11.8 Å². The molecule has 1 aromatic rings. The van der Waals surface area contributed by atoms with Crippen LogP contribution in [0.1, 0.15) is 11.6 Å². The van der Waals surface area contributed by atoms with E-state index >= 15 is 0 Å². The van der Waals surface area contributed by atoms with Gasteiger partial charge in [-0.1, -0.05) is 30.3 Å². The Morgan fingerprint density at radius 1 is 1.25 bits per heavy atom. The van der Waals surface area contributed by atoms with Crippen LogP contribution < -0.4 is 5.32 Å². The largest absolute Gasteiger partial charge is 0.345 e. The third-order valence-corrected chi connectivity index (χ3v) is 4.04. The molecule has 20 heavy (non-hydrogen) atoms. The minimum Gasteiger partial charge on any atom is -0.345 e. The number of carbonyl (C=O) groups excluding carboxylic acids is 2. The van der Waals surface area contributed by atoms with Crippen molar-refractivity contribution in [2.24, 2.45) is 0 Å². The van der Waals surface area contributed by atoms with Gasteiger partial charge in [-0.3, -0.25) is 9.59 Å². The van der Waals surface area contributed by atoms with Gasteiger partial charge in [-0.2, -0.15) is 0 Å². The second kappa shape index (κ2) is 5.62. The van der Waals surface area contributed by atoms with Crippen molar-refractivity contribution < 1.29 is 18.0 Å². The number of nitrogens with one attached hydrogen (secondary N) is 1. The lowest BCUT2D eigenvalue weighted by molar-refractivity contribution is -0.145. The van der Waals surface area contributed by atoms with Crippen molar-refractivity contribution >= 4 is 21.7 Å². The van der Waals surface area contributed by atoms with Crippen molar-refractivity contribution in [3.05, 3.63) is 35.9 Å². The first kappa shape index (κ1) is 14.5. The Balaban J connectivity index is 2.28. The summed E-state index contributed by atoms with van der Waals surface area (Å²) in [6.45, 7) is -0.0728. The second-order valence-corrected chi connectivity index (χ2v) is 7.01. The SMILES string of the molecule is CS(=O)(=O)CCN1C(=O)CNC(=O)C1c1ccccc1. The van der Waals surface area contributed by atoms with Crippen LogP contribution in [0.3, 0.4) is 0 Å². The first-order chi connectivity index (χ1) is 9.38. The number of amides is 2. The smallest absolute Gasteiger partial charge is 0.247 e. The summed E-state index contributed by atoms with van der Waals surface area (Å²) in [4.78, 5) is 25.3. The molecular weight excluding hydrogens is 280 g/mol. The highest BCUT2D eigenvalue weighted by atomic mass is 32.2. The van der Waals surface area contributed by atoms with E-state index in [1.165, 1.54) is 4.90 Å². The van der Waals surface area contributed by atoms with Gasteiger partial charge in [0.05, 0.1) is 12.3 Å². The van der Waals surface area contributed by atoms with Gasteiger partial charge in [-0.05, 0) is 5.56 Å². The van der Waals surface area contributed by atoms with E-state index in [9.17, 15) is 18.0 Å². The summed E-state index contributed by atoms with van der Waals surface area (Å²) in [5.74, 6) is -0.721. The molecule has 6 nitrogen and oxygen atoms in total. The van der Waals surface area contributed by atoms with Crippen LogP contribution in [0.25, 0.3) is 0 Å². The first-order valence-corrected chi connectivity index (χ1v) is 8.24. The average molecular weight is 296 g/mol. The van der Waals surface area contributed by atoms with Gasteiger partial charge >= 0.3 is 0 Å². The zero-order valence-electron chi connectivity index (χ0n) is 11.1. The van der Waals surface area contributed by atoms with E-state index < -0.39 is 15.9 Å². The Bertz CT molecular complexity index is 613. The highest BCUT2D eigenvalue weighted by molar-refractivity contribution is 7.90. The minimum absolute atomic E-state index is 0.0185. The lowest BCUT2D eigenvalue weighted by Crippen LogP contribution is -2.54. The zero-order valence-corrected chi connectivity index (χ0v) is 11.9. The molecule has 1 saturated heterocycles. The molecule has 2 amide bonds. The number of hydrogen-bond acceptors (Lipinski definition) is 4. The van der Waals surface area contributed by atoms with Gasteiger partial charge in [0, 0.05) is 12.8 Å². The van der Waals surface area contributed by atoms with Crippen molar-refractivity contribution in [3.8, 4) is 0 Å². The summed E-state index contributed by atoms with van der Waals surface area (Å²) < 4.78 is 22.5. The molecule has 1 fully saturated rings. The molecule has 1 aromatic carbocycles. The minimum atomic E-state index is -3.20. The van der Waals surface area contributed by atoms with Gasteiger partial charge < -0.3 is 10.2 Å². The summed E-state index contributed by atoms with van der Waals surface area (Å²) in [5, 5.41) is 2.53. The number of carbonyl (C=O) groups is 2. The van der Waals surface area contributed by atoms with Gasteiger partial charge in [-0.15, -0.1) is 0 Å². The maximum Gasteiger partial charge on any atom is 0.247 e. The van der Waals surface area contributed by atoms with Crippen molar-refractivity contribution in [2.75, 3.05) is 25.1 Å². The molecule has 1 atom stereocenters. The number of hydrogen-bond donors (Lipinski definition) is 1. The monoisotopic (exact) mass is 296 g/mol. The van der Waals surface area contributed by atoms with E-state index in [0.29, 0.717) is 5.56 Å². The highest BCUT2D eigenvalue weighted by Gasteiger charge is 2.35. The number of piperazine rings is 1. The Morgan fingerprint density at radius 3 is 2.50 bits per heavy atom. The number of benzene rings is 1. The molecule has 0 radical (unpaired) electrons. The maximum absolute atomic E-state index is 12.0. The summed E-state index contributed by atoms with van der Waals surface area (Å²) >= 11 is 0. The summed E-state index contributed by atoms with van der Waals surface area (Å²) in [7, 11) is -3.20. The van der Waals surface area contributed by atoms with Crippen LogP contribution in [-0.2, 0) is 19.4 Å². The fraction of sp³-hybridized carbons (Fsp3) is 0.385. The Kier molecular flexibility index (Phi) is 4.08. The molecule has 1 aliphatic heterocycles. The lowest BCUT2D eigenvalue weighted by Gasteiger charge is -2.35. The highest BCUT2D eigenvalue weighted by Crippen LogP contribution is 2.23. The van der Waals surface area contributed by atoms with Crippen LogP contribution in [0.4, 0.5) is 0 Å². The third-order valence-electron chi connectivity index (χ3n) is 3.11. The predicted molar refractivity (Wildman–Crippen MR) is 73.6 cm³/mol. The number of rotatable bonds is 4. The standard InChI is InChI=1S/C13H16N2O4S/c1-20(18,19)8-7-15-11(16)9-14-13(17)12(15)10-5-3-2-4-6-10/h2-6,12H,7-9H2,1H3,(H,14,17). The van der Waals surface area contributed by atoms with Crippen molar-refractivity contribution in [1.29, 1.82) is 0 Å². The predicted octanol–water partition coefficient (Wildman–Crippen LogP) is -0.269. The molecule has 2 rings (SSSR count). The lowest BCUT2D eigenvalue weighted by atomic mass is 10.0. The van der Waals surface area contributed by atoms with E-state index in [-0.39, 0.29) is 30.7 Å². The normalized spacial score (nSPS) is 19.9. The molecule has 1 heterocycles. The van der Waals surface area contributed by atoms with Gasteiger partial charge in [-0.25, -0.2) is 8.42 Å². The third kappa shape index (κ3) is 3.36. The molecule has 1 aliphatic rings. The zero-order chi connectivity index (χ0) is 14.8. The van der Waals surface area contributed by atoms with E-state index in [1.54, 1.807) is 24.3 Å². The van der Waals surface area contributed by atoms with E-state index in [4.69, 9.17) is 0 Å². The van der Waals surface area contributed by atoms with Gasteiger partial charge in [0.15, 0.2) is 0 Å². The summed E-state index contributed by atoms with van der Waals surface area (Å²) in [6, 6.07) is 8.09. The fourth-order valence-corrected chi connectivity index (χ4v) is 2.66.